The minimum absolute atomic E-state index is 0. The molecule has 0 heterocycles. The lowest BCUT2D eigenvalue weighted by atomic mass is 9.86. The second kappa shape index (κ2) is 11.9. The molecular formula is C18H28F3IN4O2S. The quantitative estimate of drug-likeness (QED) is 0.252. The van der Waals surface area contributed by atoms with Crippen LogP contribution in [0.2, 0.25) is 0 Å². The normalized spacial score (nSPS) is 15.4. The predicted octanol–water partition coefficient (Wildman–Crippen LogP) is 2.75. The fourth-order valence-electron chi connectivity index (χ4n) is 2.72. The SMILES string of the molecule is CN=C(NCCc1ccc(C(F)(F)F)cc1)NCCS(=O)(=O)NCC1CCC1.I. The third kappa shape index (κ3) is 9.51. The van der Waals surface area contributed by atoms with Gasteiger partial charge >= 0.3 is 6.18 Å². The Morgan fingerprint density at radius 2 is 1.76 bits per heavy atom. The lowest BCUT2D eigenvalue weighted by molar-refractivity contribution is -0.137. The Morgan fingerprint density at radius 3 is 2.28 bits per heavy atom. The molecule has 1 saturated carbocycles. The molecule has 0 bridgehead atoms. The Labute approximate surface area is 187 Å². The molecule has 0 amide bonds. The summed E-state index contributed by atoms with van der Waals surface area (Å²) in [7, 11) is -1.76. The van der Waals surface area contributed by atoms with E-state index in [4.69, 9.17) is 0 Å². The van der Waals surface area contributed by atoms with E-state index in [9.17, 15) is 21.6 Å². The molecule has 0 radical (unpaired) electrons. The Balaban J connectivity index is 0.00000420. The molecule has 0 unspecified atom stereocenters. The Kier molecular flexibility index (Phi) is 10.7. The lowest BCUT2D eigenvalue weighted by Crippen LogP contribution is -2.42. The minimum atomic E-state index is -4.34. The summed E-state index contributed by atoms with van der Waals surface area (Å²) in [6.07, 6.45) is -0.495. The van der Waals surface area contributed by atoms with E-state index in [1.807, 2.05) is 0 Å². The van der Waals surface area contributed by atoms with E-state index in [1.165, 1.54) is 18.6 Å². The Morgan fingerprint density at radius 1 is 1.14 bits per heavy atom. The fraction of sp³-hybridized carbons (Fsp3) is 0.611. The van der Waals surface area contributed by atoms with Crippen molar-refractivity contribution < 1.29 is 21.6 Å². The zero-order valence-corrected chi connectivity index (χ0v) is 19.4. The van der Waals surface area contributed by atoms with E-state index in [-0.39, 0.29) is 36.3 Å². The molecule has 0 spiro atoms. The first-order valence-corrected chi connectivity index (χ1v) is 10.9. The molecule has 2 rings (SSSR count). The fourth-order valence-corrected chi connectivity index (χ4v) is 3.73. The standard InChI is InChI=1S/C18H27F3N4O2S.HI/c1-22-17(24-11-12-28(26,27)25-13-15-3-2-4-15)23-10-9-14-5-7-16(8-6-14)18(19,20)21;/h5-8,15,25H,2-4,9-13H2,1H3,(H2,22,23,24);1H. The van der Waals surface area contributed by atoms with Crippen LogP contribution in [-0.2, 0) is 22.6 Å². The van der Waals surface area contributed by atoms with Gasteiger partial charge in [0.05, 0.1) is 11.3 Å². The largest absolute Gasteiger partial charge is 0.416 e. The summed E-state index contributed by atoms with van der Waals surface area (Å²) in [6.45, 7) is 1.17. The van der Waals surface area contributed by atoms with Gasteiger partial charge in [-0.3, -0.25) is 4.99 Å². The van der Waals surface area contributed by atoms with Crippen molar-refractivity contribution in [1.82, 2.24) is 15.4 Å². The van der Waals surface area contributed by atoms with Crippen LogP contribution in [0, 0.1) is 5.92 Å². The third-order valence-electron chi connectivity index (χ3n) is 4.69. The van der Waals surface area contributed by atoms with E-state index < -0.39 is 21.8 Å². The predicted molar refractivity (Wildman–Crippen MR) is 119 cm³/mol. The van der Waals surface area contributed by atoms with Gasteiger partial charge < -0.3 is 10.6 Å². The Hall–Kier alpha value is -1.08. The number of halogens is 4. The number of benzene rings is 1. The molecule has 6 nitrogen and oxygen atoms in total. The van der Waals surface area contributed by atoms with Crippen LogP contribution in [0.25, 0.3) is 0 Å². The van der Waals surface area contributed by atoms with Crippen molar-refractivity contribution in [2.24, 2.45) is 10.9 Å². The van der Waals surface area contributed by atoms with Gasteiger partial charge in [0.1, 0.15) is 0 Å². The van der Waals surface area contributed by atoms with Crippen molar-refractivity contribution in [2.75, 3.05) is 32.4 Å². The summed E-state index contributed by atoms with van der Waals surface area (Å²) in [5.74, 6) is 0.850. The monoisotopic (exact) mass is 548 g/mol. The van der Waals surface area contributed by atoms with Gasteiger partial charge in [-0.25, -0.2) is 13.1 Å². The van der Waals surface area contributed by atoms with Crippen LogP contribution < -0.4 is 15.4 Å². The maximum absolute atomic E-state index is 12.6. The second-order valence-corrected chi connectivity index (χ2v) is 8.76. The summed E-state index contributed by atoms with van der Waals surface area (Å²) < 4.78 is 64.2. The molecule has 1 fully saturated rings. The second-order valence-electron chi connectivity index (χ2n) is 6.83. The average Bonchev–Trinajstić information content (AvgIpc) is 2.58. The van der Waals surface area contributed by atoms with Gasteiger partial charge in [0.2, 0.25) is 10.0 Å². The zero-order valence-electron chi connectivity index (χ0n) is 16.3. The highest BCUT2D eigenvalue weighted by Gasteiger charge is 2.29. The molecule has 0 saturated heterocycles. The van der Waals surface area contributed by atoms with Gasteiger partial charge in [-0.05, 0) is 42.9 Å². The van der Waals surface area contributed by atoms with Gasteiger partial charge in [-0.15, -0.1) is 24.0 Å². The van der Waals surface area contributed by atoms with E-state index in [0.29, 0.717) is 31.4 Å². The molecule has 0 atom stereocenters. The number of aliphatic imine (C=N–C) groups is 1. The number of hydrogen-bond donors (Lipinski definition) is 3. The van der Waals surface area contributed by atoms with E-state index in [1.54, 1.807) is 7.05 Å². The van der Waals surface area contributed by atoms with Gasteiger partial charge in [0, 0.05) is 26.7 Å². The topological polar surface area (TPSA) is 82.6 Å². The van der Waals surface area contributed by atoms with Crippen molar-refractivity contribution >= 4 is 40.0 Å². The highest BCUT2D eigenvalue weighted by molar-refractivity contribution is 14.0. The van der Waals surface area contributed by atoms with E-state index in [2.05, 4.69) is 20.3 Å². The van der Waals surface area contributed by atoms with E-state index in [0.717, 1.165) is 30.5 Å². The number of sulfonamides is 1. The molecule has 29 heavy (non-hydrogen) atoms. The molecular weight excluding hydrogens is 520 g/mol. The number of alkyl halides is 3. The highest BCUT2D eigenvalue weighted by atomic mass is 127. The summed E-state index contributed by atoms with van der Waals surface area (Å²) in [6, 6.07) is 5.01. The van der Waals surface area contributed by atoms with Gasteiger partial charge in [-0.2, -0.15) is 13.2 Å². The maximum Gasteiger partial charge on any atom is 0.416 e. The molecule has 1 aromatic rings. The minimum Gasteiger partial charge on any atom is -0.356 e. The molecule has 0 aromatic heterocycles. The molecule has 3 N–H and O–H groups in total. The van der Waals surface area contributed by atoms with Crippen LogP contribution in [0.1, 0.15) is 30.4 Å². The van der Waals surface area contributed by atoms with E-state index >= 15 is 0 Å². The first-order valence-electron chi connectivity index (χ1n) is 9.27. The number of nitrogens with one attached hydrogen (secondary N) is 3. The van der Waals surface area contributed by atoms with Crippen LogP contribution >= 0.6 is 24.0 Å². The molecule has 0 aliphatic heterocycles. The van der Waals surface area contributed by atoms with Gasteiger partial charge in [-0.1, -0.05) is 18.6 Å². The molecule has 1 aliphatic rings. The summed E-state index contributed by atoms with van der Waals surface area (Å²) in [5.41, 5.74) is 0.0903. The number of hydrogen-bond acceptors (Lipinski definition) is 3. The molecule has 1 aliphatic carbocycles. The number of nitrogens with zero attached hydrogens (tertiary/aromatic N) is 1. The van der Waals surface area contributed by atoms with Crippen molar-refractivity contribution in [1.29, 1.82) is 0 Å². The average molecular weight is 548 g/mol. The van der Waals surface area contributed by atoms with Crippen LogP contribution in [0.5, 0.6) is 0 Å². The smallest absolute Gasteiger partial charge is 0.356 e. The van der Waals surface area contributed by atoms with Crippen molar-refractivity contribution in [3.63, 3.8) is 0 Å². The third-order valence-corrected chi connectivity index (χ3v) is 6.04. The molecule has 1 aromatic carbocycles. The highest BCUT2D eigenvalue weighted by Crippen LogP contribution is 2.29. The number of rotatable bonds is 9. The first-order chi connectivity index (χ1) is 13.2. The summed E-state index contributed by atoms with van der Waals surface area (Å²) >= 11 is 0. The maximum atomic E-state index is 12.6. The van der Waals surface area contributed by atoms with Gasteiger partial charge in [0.15, 0.2) is 5.96 Å². The first kappa shape index (κ1) is 26.0. The van der Waals surface area contributed by atoms with Crippen molar-refractivity contribution in [2.45, 2.75) is 31.9 Å². The summed E-state index contributed by atoms with van der Waals surface area (Å²) in [4.78, 5) is 4.01. The van der Waals surface area contributed by atoms with Crippen LogP contribution in [-0.4, -0.2) is 46.8 Å². The van der Waals surface area contributed by atoms with Crippen LogP contribution in [0.15, 0.2) is 29.3 Å². The number of guanidine groups is 1. The Bertz CT molecular complexity index is 751. The van der Waals surface area contributed by atoms with Gasteiger partial charge in [0.25, 0.3) is 0 Å². The summed E-state index contributed by atoms with van der Waals surface area (Å²) in [5, 5.41) is 5.95. The van der Waals surface area contributed by atoms with Crippen molar-refractivity contribution in [3.8, 4) is 0 Å². The lowest BCUT2D eigenvalue weighted by Gasteiger charge is -2.25. The van der Waals surface area contributed by atoms with Crippen molar-refractivity contribution in [3.05, 3.63) is 35.4 Å². The zero-order chi connectivity index (χ0) is 20.6. The van der Waals surface area contributed by atoms with Crippen LogP contribution in [0.3, 0.4) is 0 Å². The molecule has 166 valence electrons. The molecule has 11 heteroatoms. The van der Waals surface area contributed by atoms with Crippen LogP contribution in [0.4, 0.5) is 13.2 Å².